The van der Waals surface area contributed by atoms with Gasteiger partial charge in [0.15, 0.2) is 5.11 Å². The Morgan fingerprint density at radius 3 is 2.55 bits per heavy atom. The van der Waals surface area contributed by atoms with Crippen molar-refractivity contribution in [1.29, 1.82) is 0 Å². The second kappa shape index (κ2) is 6.63. The SMILES string of the molecule is COc1ccc(C(=NNC(N)=S)c2ccccn2)cc1. The summed E-state index contributed by atoms with van der Waals surface area (Å²) in [6.07, 6.45) is 1.70. The summed E-state index contributed by atoms with van der Waals surface area (Å²) in [6.45, 7) is 0. The van der Waals surface area contributed by atoms with Crippen molar-refractivity contribution in [2.24, 2.45) is 10.8 Å². The number of nitrogens with one attached hydrogen (secondary N) is 1. The molecule has 2 rings (SSSR count). The van der Waals surface area contributed by atoms with Gasteiger partial charge in [-0.25, -0.2) is 0 Å². The molecule has 0 aliphatic heterocycles. The monoisotopic (exact) mass is 286 g/mol. The van der Waals surface area contributed by atoms with Gasteiger partial charge in [-0.3, -0.25) is 10.4 Å². The van der Waals surface area contributed by atoms with E-state index in [0.29, 0.717) is 5.71 Å². The van der Waals surface area contributed by atoms with Crippen LogP contribution in [0.1, 0.15) is 11.3 Å². The van der Waals surface area contributed by atoms with Crippen molar-refractivity contribution in [1.82, 2.24) is 10.4 Å². The minimum absolute atomic E-state index is 0.104. The maximum Gasteiger partial charge on any atom is 0.184 e. The van der Waals surface area contributed by atoms with E-state index in [1.54, 1.807) is 13.3 Å². The fraction of sp³-hybridized carbons (Fsp3) is 0.0714. The third kappa shape index (κ3) is 3.52. The van der Waals surface area contributed by atoms with Crippen molar-refractivity contribution < 1.29 is 4.74 Å². The third-order valence-electron chi connectivity index (χ3n) is 2.55. The van der Waals surface area contributed by atoms with Crippen LogP contribution in [0.5, 0.6) is 5.75 Å². The molecular weight excluding hydrogens is 272 g/mol. The highest BCUT2D eigenvalue weighted by Gasteiger charge is 2.08. The van der Waals surface area contributed by atoms with Crippen LogP contribution < -0.4 is 15.9 Å². The average molecular weight is 286 g/mol. The first-order valence-corrected chi connectivity index (χ1v) is 6.30. The predicted octanol–water partition coefficient (Wildman–Crippen LogP) is 1.68. The van der Waals surface area contributed by atoms with Crippen LogP contribution in [0, 0.1) is 0 Å². The van der Waals surface area contributed by atoms with Gasteiger partial charge in [0.25, 0.3) is 0 Å². The molecule has 3 N–H and O–H groups in total. The van der Waals surface area contributed by atoms with Crippen molar-refractivity contribution in [2.75, 3.05) is 7.11 Å². The quantitative estimate of drug-likeness (QED) is 0.508. The minimum atomic E-state index is 0.104. The van der Waals surface area contributed by atoms with Gasteiger partial charge in [-0.15, -0.1) is 0 Å². The predicted molar refractivity (Wildman–Crippen MR) is 82.8 cm³/mol. The number of methoxy groups -OCH3 is 1. The fourth-order valence-corrected chi connectivity index (χ4v) is 1.68. The highest BCUT2D eigenvalue weighted by molar-refractivity contribution is 7.80. The molecule has 2 aromatic rings. The molecule has 1 aromatic heterocycles. The first-order valence-electron chi connectivity index (χ1n) is 5.89. The van der Waals surface area contributed by atoms with Crippen LogP contribution in [0.4, 0.5) is 0 Å². The number of pyridine rings is 1. The van der Waals surface area contributed by atoms with E-state index < -0.39 is 0 Å². The minimum Gasteiger partial charge on any atom is -0.497 e. The summed E-state index contributed by atoms with van der Waals surface area (Å²) in [5.74, 6) is 0.774. The van der Waals surface area contributed by atoms with Crippen LogP contribution in [0.15, 0.2) is 53.8 Å². The maximum atomic E-state index is 5.42. The van der Waals surface area contributed by atoms with E-state index in [1.165, 1.54) is 0 Å². The lowest BCUT2D eigenvalue weighted by atomic mass is 10.1. The number of benzene rings is 1. The number of thiocarbonyl (C=S) groups is 1. The first-order chi connectivity index (χ1) is 9.70. The molecule has 1 heterocycles. The van der Waals surface area contributed by atoms with Gasteiger partial charge in [0.1, 0.15) is 11.5 Å². The summed E-state index contributed by atoms with van der Waals surface area (Å²) >= 11 is 4.77. The van der Waals surface area contributed by atoms with E-state index in [0.717, 1.165) is 17.0 Å². The largest absolute Gasteiger partial charge is 0.497 e. The van der Waals surface area contributed by atoms with Crippen molar-refractivity contribution in [3.05, 3.63) is 59.9 Å². The fourth-order valence-electron chi connectivity index (χ4n) is 1.63. The third-order valence-corrected chi connectivity index (χ3v) is 2.64. The smallest absolute Gasteiger partial charge is 0.184 e. The number of hydrazone groups is 1. The van der Waals surface area contributed by atoms with Crippen LogP contribution >= 0.6 is 12.2 Å². The molecule has 0 unspecified atom stereocenters. The van der Waals surface area contributed by atoms with Crippen molar-refractivity contribution in [3.8, 4) is 5.75 Å². The molecular formula is C14H14N4OS. The summed E-state index contributed by atoms with van der Waals surface area (Å²) in [4.78, 5) is 4.29. The van der Waals surface area contributed by atoms with Gasteiger partial charge in [0.05, 0.1) is 12.8 Å². The second-order valence-electron chi connectivity index (χ2n) is 3.88. The van der Waals surface area contributed by atoms with Crippen LogP contribution in [0.2, 0.25) is 0 Å². The molecule has 0 bridgehead atoms. The zero-order chi connectivity index (χ0) is 14.4. The Balaban J connectivity index is 2.40. The molecule has 0 saturated carbocycles. The Morgan fingerprint density at radius 1 is 1.25 bits per heavy atom. The number of hydrogen-bond acceptors (Lipinski definition) is 4. The van der Waals surface area contributed by atoms with Gasteiger partial charge < -0.3 is 10.5 Å². The molecule has 0 fully saturated rings. The second-order valence-corrected chi connectivity index (χ2v) is 4.32. The van der Waals surface area contributed by atoms with Crippen molar-refractivity contribution in [2.45, 2.75) is 0 Å². The van der Waals surface area contributed by atoms with Gasteiger partial charge in [0.2, 0.25) is 0 Å². The van der Waals surface area contributed by atoms with E-state index in [1.807, 2.05) is 42.5 Å². The van der Waals surface area contributed by atoms with E-state index in [9.17, 15) is 0 Å². The van der Waals surface area contributed by atoms with Gasteiger partial charge in [0, 0.05) is 11.8 Å². The molecule has 20 heavy (non-hydrogen) atoms. The number of aromatic nitrogens is 1. The molecule has 0 aliphatic rings. The molecule has 6 heteroatoms. The van der Waals surface area contributed by atoms with Crippen LogP contribution in [-0.4, -0.2) is 22.9 Å². The molecule has 1 aromatic carbocycles. The van der Waals surface area contributed by atoms with Crippen LogP contribution in [0.3, 0.4) is 0 Å². The Kier molecular flexibility index (Phi) is 4.62. The van der Waals surface area contributed by atoms with Crippen molar-refractivity contribution >= 4 is 23.0 Å². The maximum absolute atomic E-state index is 5.42. The normalized spacial score (nSPS) is 10.9. The molecule has 0 aliphatic carbocycles. The Bertz CT molecular complexity index is 611. The highest BCUT2D eigenvalue weighted by atomic mass is 32.1. The first kappa shape index (κ1) is 14.0. The molecule has 5 nitrogen and oxygen atoms in total. The lowest BCUT2D eigenvalue weighted by molar-refractivity contribution is 0.415. The Morgan fingerprint density at radius 2 is 2.00 bits per heavy atom. The summed E-state index contributed by atoms with van der Waals surface area (Å²) < 4.78 is 5.14. The molecule has 102 valence electrons. The zero-order valence-corrected chi connectivity index (χ0v) is 11.7. The zero-order valence-electron chi connectivity index (χ0n) is 10.9. The van der Waals surface area contributed by atoms with E-state index >= 15 is 0 Å². The number of nitrogens with zero attached hydrogens (tertiary/aromatic N) is 2. The highest BCUT2D eigenvalue weighted by Crippen LogP contribution is 2.14. The van der Waals surface area contributed by atoms with Gasteiger partial charge in [-0.05, 0) is 48.6 Å². The number of ether oxygens (including phenoxy) is 1. The van der Waals surface area contributed by atoms with Crippen LogP contribution in [-0.2, 0) is 0 Å². The number of nitrogens with two attached hydrogens (primary N) is 1. The molecule has 0 amide bonds. The lowest BCUT2D eigenvalue weighted by Crippen LogP contribution is -2.26. The van der Waals surface area contributed by atoms with Crippen molar-refractivity contribution in [3.63, 3.8) is 0 Å². The summed E-state index contributed by atoms with van der Waals surface area (Å²) in [7, 11) is 1.62. The van der Waals surface area contributed by atoms with Crippen LogP contribution in [0.25, 0.3) is 0 Å². The summed E-state index contributed by atoms with van der Waals surface area (Å²) in [5, 5.41) is 4.32. The standard InChI is InChI=1S/C14H14N4OS/c1-19-11-7-5-10(6-8-11)13(17-18-14(15)20)12-4-2-3-9-16-12/h2-9H,1H3,(H3,15,18,20). The molecule has 0 radical (unpaired) electrons. The Hall–Kier alpha value is -2.47. The van der Waals surface area contributed by atoms with Gasteiger partial charge in [-0.1, -0.05) is 6.07 Å². The summed E-state index contributed by atoms with van der Waals surface area (Å²) in [5.41, 5.74) is 10.3. The van der Waals surface area contributed by atoms with E-state index in [4.69, 9.17) is 22.7 Å². The number of hydrogen-bond donors (Lipinski definition) is 2. The Labute approximate surface area is 122 Å². The molecule has 0 atom stereocenters. The topological polar surface area (TPSA) is 72.5 Å². The van der Waals surface area contributed by atoms with Gasteiger partial charge in [-0.2, -0.15) is 5.10 Å². The molecule has 0 saturated heterocycles. The lowest BCUT2D eigenvalue weighted by Gasteiger charge is -2.07. The van der Waals surface area contributed by atoms with E-state index in [-0.39, 0.29) is 5.11 Å². The summed E-state index contributed by atoms with van der Waals surface area (Å²) in [6, 6.07) is 13.1. The van der Waals surface area contributed by atoms with Gasteiger partial charge >= 0.3 is 0 Å². The average Bonchev–Trinajstić information content (AvgIpc) is 2.49. The number of rotatable bonds is 4. The molecule has 0 spiro atoms. The van der Waals surface area contributed by atoms with E-state index in [2.05, 4.69) is 15.5 Å².